The molecule has 8 nitrogen and oxygen atoms in total. The molecule has 0 aromatic carbocycles. The van der Waals surface area contributed by atoms with Crippen LogP contribution < -0.4 is 5.32 Å². The molecule has 1 saturated heterocycles. The summed E-state index contributed by atoms with van der Waals surface area (Å²) in [5.74, 6) is 1.36. The average Bonchev–Trinajstić information content (AvgIpc) is 3.30. The van der Waals surface area contributed by atoms with Crippen molar-refractivity contribution in [3.8, 4) is 6.07 Å². The predicted octanol–water partition coefficient (Wildman–Crippen LogP) is 1.51. The van der Waals surface area contributed by atoms with Crippen LogP contribution in [0, 0.1) is 11.3 Å². The summed E-state index contributed by atoms with van der Waals surface area (Å²) in [5.41, 5.74) is 2.49. The lowest BCUT2D eigenvalue weighted by Gasteiger charge is -2.42. The highest BCUT2D eigenvalue weighted by Crippen LogP contribution is 2.36. The average molecular weight is 337 g/mol. The number of hydrogen-bond acceptors (Lipinski definition) is 6. The van der Waals surface area contributed by atoms with Crippen molar-refractivity contribution in [2.75, 3.05) is 13.2 Å². The molecule has 0 bridgehead atoms. The smallest absolute Gasteiger partial charge is 0.179 e. The molecular weight excluding hydrogens is 318 g/mol. The number of aromatic nitrogens is 5. The zero-order chi connectivity index (χ0) is 16.9. The Morgan fingerprint density at radius 2 is 2.32 bits per heavy atom. The summed E-state index contributed by atoms with van der Waals surface area (Å²) in [5, 5.41) is 21.5. The van der Waals surface area contributed by atoms with Crippen molar-refractivity contribution in [3.63, 3.8) is 0 Å². The molecule has 2 N–H and O–H groups in total. The molecule has 3 aromatic rings. The van der Waals surface area contributed by atoms with Crippen LogP contribution in [0.1, 0.15) is 37.4 Å². The minimum Gasteiger partial charge on any atom is -0.377 e. The summed E-state index contributed by atoms with van der Waals surface area (Å²) in [6.45, 7) is 1.26. The number of nitriles is 1. The Morgan fingerprint density at radius 1 is 1.40 bits per heavy atom. The third-order valence-electron chi connectivity index (χ3n) is 5.45. The van der Waals surface area contributed by atoms with Gasteiger partial charge in [0, 0.05) is 18.2 Å². The Morgan fingerprint density at radius 3 is 3.12 bits per heavy atom. The molecule has 0 spiro atoms. The van der Waals surface area contributed by atoms with Gasteiger partial charge in [-0.25, -0.2) is 4.98 Å². The van der Waals surface area contributed by atoms with Crippen LogP contribution in [0.15, 0.2) is 18.5 Å². The summed E-state index contributed by atoms with van der Waals surface area (Å²) in [4.78, 5) is 7.52. The van der Waals surface area contributed by atoms with E-state index in [0.717, 1.165) is 41.9 Å². The Labute approximate surface area is 144 Å². The number of fused-ring (bicyclic) bond motifs is 3. The van der Waals surface area contributed by atoms with Gasteiger partial charge in [-0.1, -0.05) is 0 Å². The van der Waals surface area contributed by atoms with Gasteiger partial charge >= 0.3 is 0 Å². The highest BCUT2D eigenvalue weighted by atomic mass is 16.5. The standard InChI is InChI=1S/C17H19N7O/c18-5-4-17(9-25-10-17)21-12-2-1-11(7-12)16-23-22-14-8-20-15-13(24(14)16)3-6-19-15/h3,6,8,11-12,19,21H,1-2,4,7,9-10H2/t11-,12?/m1/s1. The minimum absolute atomic E-state index is 0.154. The molecule has 5 rings (SSSR count). The Balaban J connectivity index is 1.41. The molecule has 2 aliphatic rings. The number of aromatic amines is 1. The zero-order valence-corrected chi connectivity index (χ0v) is 13.8. The van der Waals surface area contributed by atoms with Gasteiger partial charge in [0.05, 0.1) is 43.0 Å². The van der Waals surface area contributed by atoms with E-state index < -0.39 is 0 Å². The van der Waals surface area contributed by atoms with E-state index in [1.807, 2.05) is 12.3 Å². The second-order valence-electron chi connectivity index (χ2n) is 7.18. The normalized spacial score (nSPS) is 25.2. The maximum Gasteiger partial charge on any atom is 0.179 e. The molecule has 1 aliphatic heterocycles. The van der Waals surface area contributed by atoms with Gasteiger partial charge in [0.2, 0.25) is 0 Å². The number of rotatable bonds is 4. The molecule has 0 amide bonds. The molecule has 1 unspecified atom stereocenters. The Kier molecular flexibility index (Phi) is 3.26. The van der Waals surface area contributed by atoms with Gasteiger partial charge < -0.3 is 15.0 Å². The van der Waals surface area contributed by atoms with Crippen molar-refractivity contribution >= 4 is 16.8 Å². The molecule has 25 heavy (non-hydrogen) atoms. The van der Waals surface area contributed by atoms with Crippen molar-refractivity contribution in [2.45, 2.75) is 43.2 Å². The Bertz CT molecular complexity index is 964. The quantitative estimate of drug-likeness (QED) is 0.748. The van der Waals surface area contributed by atoms with Crippen molar-refractivity contribution in [1.82, 2.24) is 29.9 Å². The maximum absolute atomic E-state index is 9.07. The highest BCUT2D eigenvalue weighted by Gasteiger charge is 2.42. The van der Waals surface area contributed by atoms with E-state index in [9.17, 15) is 0 Å². The molecule has 3 aromatic heterocycles. The first kappa shape index (κ1) is 14.8. The molecule has 8 heteroatoms. The SMILES string of the molecule is N#CCC1(NC2CC[C@@H](c3nnc4cnc5[nH]ccc5n34)C2)COC1. The maximum atomic E-state index is 9.07. The lowest BCUT2D eigenvalue weighted by Crippen LogP contribution is -2.62. The number of hydrogen-bond donors (Lipinski definition) is 2. The van der Waals surface area contributed by atoms with E-state index in [1.54, 1.807) is 6.20 Å². The monoisotopic (exact) mass is 337 g/mol. The van der Waals surface area contributed by atoms with Gasteiger partial charge in [-0.15, -0.1) is 10.2 Å². The van der Waals surface area contributed by atoms with E-state index in [4.69, 9.17) is 10.00 Å². The van der Waals surface area contributed by atoms with Crippen LogP contribution in [0.25, 0.3) is 16.8 Å². The van der Waals surface area contributed by atoms with Crippen molar-refractivity contribution in [1.29, 1.82) is 5.26 Å². The fourth-order valence-electron chi connectivity index (χ4n) is 4.18. The molecule has 128 valence electrons. The summed E-state index contributed by atoms with van der Waals surface area (Å²) in [6.07, 6.45) is 7.29. The molecule has 1 saturated carbocycles. The summed E-state index contributed by atoms with van der Waals surface area (Å²) >= 11 is 0. The van der Waals surface area contributed by atoms with E-state index in [2.05, 4.69) is 36.0 Å². The van der Waals surface area contributed by atoms with Crippen molar-refractivity contribution in [2.24, 2.45) is 0 Å². The topological polar surface area (TPSA) is 104 Å². The van der Waals surface area contributed by atoms with Gasteiger partial charge in [-0.05, 0) is 25.3 Å². The van der Waals surface area contributed by atoms with E-state index in [-0.39, 0.29) is 5.54 Å². The van der Waals surface area contributed by atoms with Gasteiger partial charge in [-0.3, -0.25) is 4.40 Å². The molecule has 1 aliphatic carbocycles. The van der Waals surface area contributed by atoms with E-state index in [0.29, 0.717) is 31.6 Å². The number of nitrogens with zero attached hydrogens (tertiary/aromatic N) is 5. The summed E-state index contributed by atoms with van der Waals surface area (Å²) in [6, 6.07) is 4.69. The third kappa shape index (κ3) is 2.31. The lowest BCUT2D eigenvalue weighted by molar-refractivity contribution is -0.0767. The van der Waals surface area contributed by atoms with Crippen LogP contribution in [0.5, 0.6) is 0 Å². The van der Waals surface area contributed by atoms with Gasteiger partial charge in [0.15, 0.2) is 11.3 Å². The molecule has 2 atom stereocenters. The fourth-order valence-corrected chi connectivity index (χ4v) is 4.18. The molecule has 2 fully saturated rings. The lowest BCUT2D eigenvalue weighted by atomic mass is 9.92. The summed E-state index contributed by atoms with van der Waals surface area (Å²) < 4.78 is 7.46. The summed E-state index contributed by atoms with van der Waals surface area (Å²) in [7, 11) is 0. The van der Waals surface area contributed by atoms with Crippen LogP contribution in [0.3, 0.4) is 0 Å². The molecule has 4 heterocycles. The predicted molar refractivity (Wildman–Crippen MR) is 89.9 cm³/mol. The van der Waals surface area contributed by atoms with Gasteiger partial charge in [-0.2, -0.15) is 5.26 Å². The first-order valence-corrected chi connectivity index (χ1v) is 8.67. The largest absolute Gasteiger partial charge is 0.377 e. The van der Waals surface area contributed by atoms with Crippen LogP contribution in [0.4, 0.5) is 0 Å². The highest BCUT2D eigenvalue weighted by molar-refractivity contribution is 5.74. The third-order valence-corrected chi connectivity index (χ3v) is 5.45. The van der Waals surface area contributed by atoms with Crippen molar-refractivity contribution < 1.29 is 4.74 Å². The van der Waals surface area contributed by atoms with E-state index >= 15 is 0 Å². The number of ether oxygens (including phenoxy) is 1. The number of H-pyrrole nitrogens is 1. The van der Waals surface area contributed by atoms with Gasteiger partial charge in [0.25, 0.3) is 0 Å². The van der Waals surface area contributed by atoms with Crippen LogP contribution >= 0.6 is 0 Å². The first-order valence-electron chi connectivity index (χ1n) is 8.67. The van der Waals surface area contributed by atoms with Crippen LogP contribution in [0.2, 0.25) is 0 Å². The molecular formula is C17H19N7O. The second-order valence-corrected chi connectivity index (χ2v) is 7.18. The van der Waals surface area contributed by atoms with Crippen LogP contribution in [-0.4, -0.2) is 49.4 Å². The Hall–Kier alpha value is -2.50. The second kappa shape index (κ2) is 5.51. The molecule has 0 radical (unpaired) electrons. The minimum atomic E-state index is -0.154. The number of nitrogens with one attached hydrogen (secondary N) is 2. The van der Waals surface area contributed by atoms with Crippen molar-refractivity contribution in [3.05, 3.63) is 24.3 Å². The fraction of sp³-hybridized carbons (Fsp3) is 0.529. The van der Waals surface area contributed by atoms with E-state index in [1.165, 1.54) is 0 Å². The zero-order valence-electron chi connectivity index (χ0n) is 13.8. The van der Waals surface area contributed by atoms with Crippen LogP contribution in [-0.2, 0) is 4.74 Å². The van der Waals surface area contributed by atoms with Gasteiger partial charge in [0.1, 0.15) is 5.82 Å². The first-order chi connectivity index (χ1) is 12.3.